The van der Waals surface area contributed by atoms with Crippen molar-refractivity contribution in [2.24, 2.45) is 47.3 Å². The van der Waals surface area contributed by atoms with E-state index < -0.39 is 127 Å². The quantitative estimate of drug-likeness (QED) is 0.0466. The zero-order chi connectivity index (χ0) is 66.1. The molecule has 7 N–H and O–H groups in total. The van der Waals surface area contributed by atoms with Crippen molar-refractivity contribution < 1.29 is 57.8 Å². The molecule has 0 aliphatic heterocycles. The van der Waals surface area contributed by atoms with E-state index >= 15 is 0 Å². The lowest BCUT2D eigenvalue weighted by Crippen LogP contribution is -2.60. The van der Waals surface area contributed by atoms with E-state index in [2.05, 4.69) is 31.9 Å². The van der Waals surface area contributed by atoms with Crippen LogP contribution in [0.1, 0.15) is 175 Å². The standard InChI is InChI=1S/C62H115N11O12/c1-35(2)24-25-53(77)70(20)49(31-41(13)14)61(84)73(23)50(34-74)58(81)67-45(27-37(5)6)59(82)69(19)33-52(76)64-43(17)32-51(75)68-54(42(15)16)62(85)72(22)48(30-40(11)12)57(80)65-44(26-36(3)4)55(78)66-46(28-38(7)8)60(83)71(21)47(29-39(9)10)56(79)63-18/h35-50,54,74H,24-34H2,1-23H3,(H,63,79)(H,64,76)(H,65,80)(H,66,78)(H,67,81)(H,68,75)/t43-,44-,45-,46?,47-,48-,49-,50-,54-/m0/s1. The number of hydrogen-bond donors (Lipinski definition) is 7. The van der Waals surface area contributed by atoms with Crippen molar-refractivity contribution in [3.05, 3.63) is 0 Å². The van der Waals surface area contributed by atoms with Gasteiger partial charge in [0, 0.05) is 61.2 Å². The van der Waals surface area contributed by atoms with Crippen molar-refractivity contribution in [3.63, 3.8) is 0 Å². The smallest absolute Gasteiger partial charge is 0.245 e. The molecule has 0 saturated heterocycles. The summed E-state index contributed by atoms with van der Waals surface area (Å²) in [6.07, 6.45) is 2.14. The Labute approximate surface area is 510 Å². The van der Waals surface area contributed by atoms with Gasteiger partial charge < -0.3 is 61.5 Å². The molecule has 1 unspecified atom stereocenters. The molecule has 23 nitrogen and oxygen atoms in total. The van der Waals surface area contributed by atoms with Crippen LogP contribution in [-0.4, -0.2) is 204 Å². The van der Waals surface area contributed by atoms with Gasteiger partial charge in [-0.3, -0.25) is 52.7 Å². The highest BCUT2D eigenvalue weighted by Gasteiger charge is 2.40. The van der Waals surface area contributed by atoms with Gasteiger partial charge in [-0.2, -0.15) is 0 Å². The fourth-order valence-corrected chi connectivity index (χ4v) is 9.97. The molecule has 0 aliphatic carbocycles. The molecular weight excluding hydrogens is 1090 g/mol. The fourth-order valence-electron chi connectivity index (χ4n) is 9.97. The van der Waals surface area contributed by atoms with Gasteiger partial charge in [0.25, 0.3) is 0 Å². The molecule has 0 rings (SSSR count). The Morgan fingerprint density at radius 1 is 0.388 bits per heavy atom. The number of aliphatic hydroxyl groups is 1. The van der Waals surface area contributed by atoms with Gasteiger partial charge in [-0.15, -0.1) is 0 Å². The van der Waals surface area contributed by atoms with Crippen LogP contribution in [0.5, 0.6) is 0 Å². The molecule has 0 aromatic heterocycles. The lowest BCUT2D eigenvalue weighted by molar-refractivity contribution is -0.149. The third kappa shape index (κ3) is 28.0. The fraction of sp³-hybridized carbons (Fsp3) is 0.823. The number of nitrogens with zero attached hydrogens (tertiary/aromatic N) is 5. The summed E-state index contributed by atoms with van der Waals surface area (Å²) in [6.45, 7) is 30.6. The molecule has 490 valence electrons. The minimum atomic E-state index is -1.41. The van der Waals surface area contributed by atoms with Gasteiger partial charge in [0.1, 0.15) is 48.3 Å². The summed E-state index contributed by atoms with van der Waals surface area (Å²) in [5.41, 5.74) is 0. The van der Waals surface area contributed by atoms with Crippen LogP contribution in [0.25, 0.3) is 0 Å². The molecule has 85 heavy (non-hydrogen) atoms. The largest absolute Gasteiger partial charge is 0.394 e. The zero-order valence-corrected chi connectivity index (χ0v) is 56.3. The van der Waals surface area contributed by atoms with Gasteiger partial charge in [-0.05, 0) is 99.2 Å². The molecule has 0 radical (unpaired) electrons. The lowest BCUT2D eigenvalue weighted by Gasteiger charge is -2.35. The van der Waals surface area contributed by atoms with E-state index in [0.717, 1.165) is 9.80 Å². The summed E-state index contributed by atoms with van der Waals surface area (Å²) in [5.74, 6) is -6.32. The average molecular weight is 1210 g/mol. The number of rotatable bonds is 38. The first kappa shape index (κ1) is 79.1. The topological polar surface area (TPSA) is 296 Å². The number of aliphatic hydroxyl groups excluding tert-OH is 1. The predicted molar refractivity (Wildman–Crippen MR) is 331 cm³/mol. The Bertz CT molecular complexity index is 2190. The van der Waals surface area contributed by atoms with Crippen LogP contribution in [-0.2, 0) is 52.7 Å². The highest BCUT2D eigenvalue weighted by Crippen LogP contribution is 2.21. The highest BCUT2D eigenvalue weighted by atomic mass is 16.3. The molecule has 0 saturated carbocycles. The second kappa shape index (κ2) is 38.3. The van der Waals surface area contributed by atoms with Gasteiger partial charge in [0.15, 0.2) is 0 Å². The molecule has 0 aromatic carbocycles. The molecule has 9 atom stereocenters. The SMILES string of the molecule is CNC(=O)[C@H](CC(C)C)N(C)C(=O)C(CC(C)C)NC(=O)[C@H](CC(C)C)NC(=O)[C@H](CC(C)C)N(C)C(=O)[C@@H](NC(=O)C[C@H](C)NC(=O)CN(C)C(=O)[C@H](CC(C)C)NC(=O)[C@H](CO)N(C)C(=O)[C@H](CC(C)C)N(C)C(=O)CCC(C)C)C(C)C. The summed E-state index contributed by atoms with van der Waals surface area (Å²) in [4.78, 5) is 158. The van der Waals surface area contributed by atoms with E-state index in [9.17, 15) is 57.8 Å². The van der Waals surface area contributed by atoms with E-state index in [-0.39, 0.29) is 91.8 Å². The molecule has 0 heterocycles. The Morgan fingerprint density at radius 3 is 1.24 bits per heavy atom. The van der Waals surface area contributed by atoms with Gasteiger partial charge in [-0.25, -0.2) is 0 Å². The van der Waals surface area contributed by atoms with Gasteiger partial charge >= 0.3 is 0 Å². The van der Waals surface area contributed by atoms with Gasteiger partial charge in [0.2, 0.25) is 65.0 Å². The van der Waals surface area contributed by atoms with Crippen LogP contribution in [0.2, 0.25) is 0 Å². The summed E-state index contributed by atoms with van der Waals surface area (Å²) in [6, 6.07) is -9.33. The van der Waals surface area contributed by atoms with E-state index in [1.54, 1.807) is 34.9 Å². The highest BCUT2D eigenvalue weighted by molar-refractivity contribution is 5.97. The minimum absolute atomic E-state index is 0.0129. The van der Waals surface area contributed by atoms with Crippen LogP contribution in [0.3, 0.4) is 0 Å². The molecule has 0 aromatic rings. The first-order valence-electron chi connectivity index (χ1n) is 30.9. The maximum atomic E-state index is 14.4. The molecule has 0 fully saturated rings. The number of likely N-dealkylation sites (N-methyl/N-ethyl adjacent to an activating group) is 6. The van der Waals surface area contributed by atoms with E-state index in [1.807, 2.05) is 96.9 Å². The number of hydrogen-bond acceptors (Lipinski definition) is 12. The number of amides is 11. The van der Waals surface area contributed by atoms with Gasteiger partial charge in [0.05, 0.1) is 13.2 Å². The second-order valence-electron chi connectivity index (χ2n) is 26.8. The Morgan fingerprint density at radius 2 is 0.788 bits per heavy atom. The lowest BCUT2D eigenvalue weighted by atomic mass is 9.96. The van der Waals surface area contributed by atoms with Crippen molar-refractivity contribution in [2.45, 2.75) is 230 Å². The van der Waals surface area contributed by atoms with Crippen molar-refractivity contribution >= 4 is 65.0 Å². The number of nitrogens with one attached hydrogen (secondary N) is 6. The van der Waals surface area contributed by atoms with Crippen LogP contribution in [0.4, 0.5) is 0 Å². The molecular formula is C62H115N11O12. The summed E-state index contributed by atoms with van der Waals surface area (Å²) >= 11 is 0. The molecule has 0 aliphatic rings. The zero-order valence-electron chi connectivity index (χ0n) is 56.3. The number of carbonyl (C=O) groups excluding carboxylic acids is 11. The first-order chi connectivity index (χ1) is 39.2. The molecule has 11 amide bonds. The van der Waals surface area contributed by atoms with Crippen molar-refractivity contribution in [3.8, 4) is 0 Å². The van der Waals surface area contributed by atoms with E-state index in [1.165, 1.54) is 42.9 Å². The van der Waals surface area contributed by atoms with Crippen LogP contribution < -0.4 is 31.9 Å². The first-order valence-corrected chi connectivity index (χ1v) is 30.9. The monoisotopic (exact) mass is 1210 g/mol. The Kier molecular flexibility index (Phi) is 35.7. The summed E-state index contributed by atoms with van der Waals surface area (Å²) in [7, 11) is 8.83. The minimum Gasteiger partial charge on any atom is -0.394 e. The normalized spacial score (nSPS) is 14.9. The van der Waals surface area contributed by atoms with Gasteiger partial charge in [-0.1, -0.05) is 111 Å². The Hall–Kier alpha value is -5.87. The van der Waals surface area contributed by atoms with Crippen molar-refractivity contribution in [1.29, 1.82) is 0 Å². The van der Waals surface area contributed by atoms with Crippen molar-refractivity contribution in [1.82, 2.24) is 56.4 Å². The summed E-state index contributed by atoms with van der Waals surface area (Å²) in [5, 5.41) is 27.1. The third-order valence-corrected chi connectivity index (χ3v) is 14.8. The molecule has 0 bridgehead atoms. The van der Waals surface area contributed by atoms with Crippen LogP contribution in [0.15, 0.2) is 0 Å². The average Bonchev–Trinajstić information content (AvgIpc) is 3.61. The maximum absolute atomic E-state index is 14.4. The van der Waals surface area contributed by atoms with E-state index in [4.69, 9.17) is 0 Å². The predicted octanol–water partition coefficient (Wildman–Crippen LogP) is 3.69. The number of carbonyl (C=O) groups is 11. The van der Waals surface area contributed by atoms with Crippen molar-refractivity contribution in [2.75, 3.05) is 55.4 Å². The Balaban J connectivity index is 6.31. The van der Waals surface area contributed by atoms with Crippen LogP contribution >= 0.6 is 0 Å². The maximum Gasteiger partial charge on any atom is 0.245 e. The van der Waals surface area contributed by atoms with Crippen LogP contribution in [0, 0.1) is 47.3 Å². The van der Waals surface area contributed by atoms with E-state index in [0.29, 0.717) is 19.3 Å². The molecule has 23 heteroatoms. The second-order valence-corrected chi connectivity index (χ2v) is 26.8. The molecule has 0 spiro atoms. The summed E-state index contributed by atoms with van der Waals surface area (Å²) < 4.78 is 0. The third-order valence-electron chi connectivity index (χ3n) is 14.8.